The van der Waals surface area contributed by atoms with Crippen LogP contribution in [0.2, 0.25) is 0 Å². The number of carbonyl (C=O) groups excluding carboxylic acids is 4. The maximum absolute atomic E-state index is 13.1. The summed E-state index contributed by atoms with van der Waals surface area (Å²) in [6, 6.07) is 15.8. The predicted octanol–water partition coefficient (Wildman–Crippen LogP) is 1.58. The molecule has 2 aromatic carbocycles. The van der Waals surface area contributed by atoms with Crippen LogP contribution in [-0.4, -0.2) is 56.6 Å². The molecule has 11 nitrogen and oxygen atoms in total. The highest BCUT2D eigenvalue weighted by Gasteiger charge is 2.28. The molecule has 3 amide bonds. The van der Waals surface area contributed by atoms with Crippen LogP contribution in [0.3, 0.4) is 0 Å². The third-order valence-electron chi connectivity index (χ3n) is 6.01. The molecule has 11 heteroatoms. The van der Waals surface area contributed by atoms with Crippen LogP contribution in [0.4, 0.5) is 0 Å². The summed E-state index contributed by atoms with van der Waals surface area (Å²) in [5.74, 6) is -3.96. The van der Waals surface area contributed by atoms with E-state index in [9.17, 15) is 29.1 Å². The average Bonchev–Trinajstić information content (AvgIpc) is 3.37. The van der Waals surface area contributed by atoms with Crippen LogP contribution in [0.1, 0.15) is 38.4 Å². The third-order valence-corrected chi connectivity index (χ3v) is 6.01. The molecule has 0 saturated carbocycles. The zero-order valence-electron chi connectivity index (χ0n) is 20.6. The smallest absolute Gasteiger partial charge is 0.326 e. The summed E-state index contributed by atoms with van der Waals surface area (Å²) in [5, 5.41) is 15.1. The number of primary amides is 1. The zero-order valence-corrected chi connectivity index (χ0v) is 20.6. The van der Waals surface area contributed by atoms with E-state index in [1.807, 2.05) is 18.2 Å². The first-order valence-corrected chi connectivity index (χ1v) is 11.9. The molecular weight excluding hydrogens is 502 g/mol. The fourth-order valence-corrected chi connectivity index (χ4v) is 4.01. The number of pyridine rings is 1. The minimum atomic E-state index is -1.57. The van der Waals surface area contributed by atoms with Crippen molar-refractivity contribution in [3.05, 3.63) is 102 Å². The number of hydrogen-bond acceptors (Lipinski definition) is 6. The first kappa shape index (κ1) is 26.7. The molecule has 6 N–H and O–H groups in total. The van der Waals surface area contributed by atoms with Crippen LogP contribution >= 0.6 is 0 Å². The number of carboxylic acid groups (broad SMARTS) is 1. The summed E-state index contributed by atoms with van der Waals surface area (Å²) in [5.41, 5.74) is 7.54. The summed E-state index contributed by atoms with van der Waals surface area (Å²) in [6.45, 7) is 0. The molecule has 0 aliphatic carbocycles. The standard InChI is InChI=1S/C28H25N5O6/c29-24(34)15-23(28(38)39)33-26(36)21(32-27(37)22-14-19-3-1-2-4-20(19)31-22)13-16-5-7-17(8-6-16)25(35)18-9-11-30-12-10-18/h1-12,14,21,23,31H,13,15H2,(H2,29,34)(H,32,37)(H,33,36)(H,38,39)/t21-,23-/m0/s1. The van der Waals surface area contributed by atoms with Gasteiger partial charge in [-0.1, -0.05) is 42.5 Å². The molecule has 198 valence electrons. The number of ketones is 1. The average molecular weight is 528 g/mol. The van der Waals surface area contributed by atoms with Crippen LogP contribution < -0.4 is 16.4 Å². The minimum Gasteiger partial charge on any atom is -0.480 e. The molecule has 0 aliphatic rings. The Bertz CT molecular complexity index is 1500. The Balaban J connectivity index is 1.55. The number of H-pyrrole nitrogens is 1. The Kier molecular flexibility index (Phi) is 8.10. The summed E-state index contributed by atoms with van der Waals surface area (Å²) < 4.78 is 0. The predicted molar refractivity (Wildman–Crippen MR) is 141 cm³/mol. The SMILES string of the molecule is NC(=O)C[C@H](NC(=O)[C@H](Cc1ccc(C(=O)c2ccncc2)cc1)NC(=O)c1cc2ccccc2[nH]1)C(=O)O. The highest BCUT2D eigenvalue weighted by molar-refractivity contribution is 6.09. The van der Waals surface area contributed by atoms with Gasteiger partial charge in [0.25, 0.3) is 5.91 Å². The number of carboxylic acids is 1. The molecular formula is C28H25N5O6. The van der Waals surface area contributed by atoms with Gasteiger partial charge in [-0.05, 0) is 29.8 Å². The van der Waals surface area contributed by atoms with Gasteiger partial charge in [0, 0.05) is 40.8 Å². The van der Waals surface area contributed by atoms with E-state index < -0.39 is 42.2 Å². The van der Waals surface area contributed by atoms with Crippen LogP contribution in [0.25, 0.3) is 10.9 Å². The molecule has 4 aromatic rings. The van der Waals surface area contributed by atoms with Crippen molar-refractivity contribution in [2.24, 2.45) is 5.73 Å². The molecule has 0 saturated heterocycles. The van der Waals surface area contributed by atoms with Gasteiger partial charge in [-0.15, -0.1) is 0 Å². The number of carbonyl (C=O) groups is 5. The number of nitrogens with two attached hydrogens (primary N) is 1. The van der Waals surface area contributed by atoms with Crippen molar-refractivity contribution in [2.75, 3.05) is 0 Å². The lowest BCUT2D eigenvalue weighted by Gasteiger charge is -2.21. The van der Waals surface area contributed by atoms with Crippen molar-refractivity contribution in [2.45, 2.75) is 24.9 Å². The molecule has 0 radical (unpaired) electrons. The van der Waals surface area contributed by atoms with Crippen LogP contribution in [0.5, 0.6) is 0 Å². The third kappa shape index (κ3) is 6.72. The summed E-state index contributed by atoms with van der Waals surface area (Å²) in [7, 11) is 0. The molecule has 2 atom stereocenters. The lowest BCUT2D eigenvalue weighted by atomic mass is 9.99. The van der Waals surface area contributed by atoms with E-state index in [2.05, 4.69) is 20.6 Å². The number of para-hydroxylation sites is 1. The number of rotatable bonds is 11. The first-order valence-electron chi connectivity index (χ1n) is 11.9. The fraction of sp³-hybridized carbons (Fsp3) is 0.143. The van der Waals surface area contributed by atoms with Crippen LogP contribution in [0.15, 0.2) is 79.1 Å². The fourth-order valence-electron chi connectivity index (χ4n) is 4.01. The molecule has 2 aromatic heterocycles. The maximum atomic E-state index is 13.1. The Labute approximate surface area is 222 Å². The normalized spacial score (nSPS) is 12.3. The number of aromatic amines is 1. The number of nitrogens with one attached hydrogen (secondary N) is 3. The lowest BCUT2D eigenvalue weighted by molar-refractivity contribution is -0.143. The first-order chi connectivity index (χ1) is 18.7. The maximum Gasteiger partial charge on any atom is 0.326 e. The number of aromatic nitrogens is 2. The molecule has 0 bridgehead atoms. The van der Waals surface area contributed by atoms with Gasteiger partial charge in [-0.3, -0.25) is 24.2 Å². The topological polar surface area (TPSA) is 184 Å². The number of fused-ring (bicyclic) bond motifs is 1. The largest absolute Gasteiger partial charge is 0.480 e. The van der Waals surface area contributed by atoms with E-state index in [-0.39, 0.29) is 17.9 Å². The Morgan fingerprint density at radius 2 is 1.54 bits per heavy atom. The Hall–Kier alpha value is -5.32. The number of nitrogens with zero attached hydrogens (tertiary/aromatic N) is 1. The molecule has 4 rings (SSSR count). The molecule has 2 heterocycles. The number of aliphatic carboxylic acids is 1. The lowest BCUT2D eigenvalue weighted by Crippen LogP contribution is -2.53. The Morgan fingerprint density at radius 3 is 2.18 bits per heavy atom. The highest BCUT2D eigenvalue weighted by Crippen LogP contribution is 2.16. The summed E-state index contributed by atoms with van der Waals surface area (Å²) in [6.07, 6.45) is 2.40. The monoisotopic (exact) mass is 527 g/mol. The second-order valence-electron chi connectivity index (χ2n) is 8.83. The van der Waals surface area contributed by atoms with E-state index in [0.29, 0.717) is 16.7 Å². The van der Waals surface area contributed by atoms with E-state index in [1.165, 1.54) is 12.4 Å². The molecule has 39 heavy (non-hydrogen) atoms. The van der Waals surface area contributed by atoms with Crippen molar-refractivity contribution in [1.29, 1.82) is 0 Å². The number of hydrogen-bond donors (Lipinski definition) is 5. The van der Waals surface area contributed by atoms with Gasteiger partial charge in [-0.2, -0.15) is 0 Å². The van der Waals surface area contributed by atoms with E-state index in [1.54, 1.807) is 48.5 Å². The Morgan fingerprint density at radius 1 is 0.872 bits per heavy atom. The van der Waals surface area contributed by atoms with Crippen molar-refractivity contribution in [3.8, 4) is 0 Å². The van der Waals surface area contributed by atoms with Gasteiger partial charge in [-0.25, -0.2) is 4.79 Å². The van der Waals surface area contributed by atoms with Gasteiger partial charge in [0.1, 0.15) is 17.8 Å². The quantitative estimate of drug-likeness (QED) is 0.183. The van der Waals surface area contributed by atoms with Gasteiger partial charge >= 0.3 is 5.97 Å². The van der Waals surface area contributed by atoms with Crippen molar-refractivity contribution in [1.82, 2.24) is 20.6 Å². The summed E-state index contributed by atoms with van der Waals surface area (Å²) in [4.78, 5) is 68.6. The van der Waals surface area contributed by atoms with E-state index in [4.69, 9.17) is 5.73 Å². The van der Waals surface area contributed by atoms with Gasteiger partial charge in [0.15, 0.2) is 5.78 Å². The molecule has 0 unspecified atom stereocenters. The van der Waals surface area contributed by atoms with Crippen LogP contribution in [-0.2, 0) is 20.8 Å². The second kappa shape index (κ2) is 11.8. The van der Waals surface area contributed by atoms with Crippen molar-refractivity contribution in [3.63, 3.8) is 0 Å². The zero-order chi connectivity index (χ0) is 27.9. The number of benzene rings is 2. The number of amides is 3. The van der Waals surface area contributed by atoms with Gasteiger partial charge in [0.2, 0.25) is 11.8 Å². The van der Waals surface area contributed by atoms with Crippen LogP contribution in [0, 0.1) is 0 Å². The van der Waals surface area contributed by atoms with E-state index >= 15 is 0 Å². The van der Waals surface area contributed by atoms with E-state index in [0.717, 1.165) is 10.9 Å². The van der Waals surface area contributed by atoms with Crippen molar-refractivity contribution < 1.29 is 29.1 Å². The molecule has 0 aliphatic heterocycles. The second-order valence-corrected chi connectivity index (χ2v) is 8.83. The van der Waals surface area contributed by atoms with Gasteiger partial charge < -0.3 is 26.5 Å². The summed E-state index contributed by atoms with van der Waals surface area (Å²) >= 11 is 0. The van der Waals surface area contributed by atoms with Gasteiger partial charge in [0.05, 0.1) is 6.42 Å². The minimum absolute atomic E-state index is 0.0234. The highest BCUT2D eigenvalue weighted by atomic mass is 16.4. The molecule has 0 spiro atoms. The molecule has 0 fully saturated rings. The van der Waals surface area contributed by atoms with Crippen molar-refractivity contribution >= 4 is 40.4 Å².